The lowest BCUT2D eigenvalue weighted by Crippen LogP contribution is -2.30. The highest BCUT2D eigenvalue weighted by Crippen LogP contribution is 2.34. The number of hydrogen-bond donors (Lipinski definition) is 3. The van der Waals surface area contributed by atoms with Gasteiger partial charge in [-0.05, 0) is 54.3 Å². The van der Waals surface area contributed by atoms with E-state index in [1.807, 2.05) is 38.2 Å². The van der Waals surface area contributed by atoms with E-state index >= 15 is 0 Å². The van der Waals surface area contributed by atoms with Gasteiger partial charge in [0, 0.05) is 43.8 Å². The summed E-state index contributed by atoms with van der Waals surface area (Å²) in [7, 11) is 0. The van der Waals surface area contributed by atoms with Crippen LogP contribution in [0.1, 0.15) is 35.3 Å². The van der Waals surface area contributed by atoms with E-state index in [1.165, 1.54) is 12.1 Å². The van der Waals surface area contributed by atoms with Crippen LogP contribution in [0.2, 0.25) is 0 Å². The van der Waals surface area contributed by atoms with E-state index in [2.05, 4.69) is 30.0 Å². The highest BCUT2D eigenvalue weighted by molar-refractivity contribution is 5.94. The van der Waals surface area contributed by atoms with Crippen LogP contribution in [0.5, 0.6) is 5.75 Å². The van der Waals surface area contributed by atoms with Gasteiger partial charge in [0.15, 0.2) is 17.4 Å². The molecule has 0 atom stereocenters. The molecule has 0 spiro atoms. The van der Waals surface area contributed by atoms with Crippen molar-refractivity contribution >= 4 is 10.9 Å². The normalized spacial score (nSPS) is 13.9. The van der Waals surface area contributed by atoms with Gasteiger partial charge >= 0.3 is 0 Å². The number of nitrogens with zero attached hydrogens (tertiary/aromatic N) is 5. The van der Waals surface area contributed by atoms with E-state index in [0.717, 1.165) is 87.9 Å². The first-order valence-corrected chi connectivity index (χ1v) is 12.1. The maximum absolute atomic E-state index is 14.1. The number of aromatic nitrogens is 6. The number of benzene rings is 2. The summed E-state index contributed by atoms with van der Waals surface area (Å²) in [6.45, 7) is 6.33. The molecule has 0 saturated heterocycles. The van der Waals surface area contributed by atoms with Crippen LogP contribution in [-0.2, 0) is 25.9 Å². The fraction of sp³-hybridized carbons (Fsp3) is 0.259. The minimum absolute atomic E-state index is 0.326. The van der Waals surface area contributed by atoms with E-state index < -0.39 is 5.82 Å². The Morgan fingerprint density at radius 2 is 2.03 bits per heavy atom. The van der Waals surface area contributed by atoms with Crippen LogP contribution in [0.15, 0.2) is 42.7 Å². The largest absolute Gasteiger partial charge is 0.505 e. The van der Waals surface area contributed by atoms with Crippen LogP contribution in [0.25, 0.3) is 33.5 Å². The quantitative estimate of drug-likeness (QED) is 0.335. The number of rotatable bonds is 5. The third-order valence-corrected chi connectivity index (χ3v) is 6.78. The number of H-pyrrole nitrogens is 2. The molecule has 0 unspecified atom stereocenters. The Morgan fingerprint density at radius 1 is 1.14 bits per heavy atom. The second-order valence-electron chi connectivity index (χ2n) is 9.27. The molecule has 1 aliphatic heterocycles. The SMILES string of the molecule is CCc1cc(O)c(F)cc1-c1ccc2c(-c3nc4c([nH]3)CN(Cc3cnc(C)cn3)CC4)n[nH]c2c1. The number of hydrogen-bond acceptors (Lipinski definition) is 6. The molecule has 9 heteroatoms. The molecule has 5 aromatic rings. The number of phenolic OH excluding ortho intramolecular Hbond substituents is 1. The Morgan fingerprint density at radius 3 is 2.83 bits per heavy atom. The molecule has 1 aliphatic rings. The Kier molecular flexibility index (Phi) is 5.49. The molecular weight excluding hydrogens is 457 g/mol. The smallest absolute Gasteiger partial charge is 0.165 e. The third-order valence-electron chi connectivity index (χ3n) is 6.78. The molecule has 0 radical (unpaired) electrons. The lowest BCUT2D eigenvalue weighted by molar-refractivity contribution is 0.238. The summed E-state index contributed by atoms with van der Waals surface area (Å²) in [6.07, 6.45) is 5.17. The van der Waals surface area contributed by atoms with Crippen LogP contribution in [0.4, 0.5) is 4.39 Å². The van der Waals surface area contributed by atoms with Crippen molar-refractivity contribution in [2.24, 2.45) is 0 Å². The lowest BCUT2D eigenvalue weighted by Gasteiger charge is -2.25. The number of aryl methyl sites for hydroxylation is 2. The third kappa shape index (κ3) is 4.01. The van der Waals surface area contributed by atoms with Crippen LogP contribution in [0, 0.1) is 12.7 Å². The summed E-state index contributed by atoms with van der Waals surface area (Å²) in [6, 6.07) is 8.79. The highest BCUT2D eigenvalue weighted by atomic mass is 19.1. The minimum atomic E-state index is -0.628. The first-order chi connectivity index (χ1) is 17.5. The summed E-state index contributed by atoms with van der Waals surface area (Å²) < 4.78 is 14.1. The predicted molar refractivity (Wildman–Crippen MR) is 135 cm³/mol. The maximum atomic E-state index is 14.1. The average molecular weight is 484 g/mol. The molecule has 0 aliphatic carbocycles. The summed E-state index contributed by atoms with van der Waals surface area (Å²) in [5.74, 6) is -0.217. The summed E-state index contributed by atoms with van der Waals surface area (Å²) >= 11 is 0. The molecule has 0 bridgehead atoms. The molecule has 0 amide bonds. The number of halogens is 1. The van der Waals surface area contributed by atoms with E-state index in [4.69, 9.17) is 4.98 Å². The van der Waals surface area contributed by atoms with Gasteiger partial charge in [-0.2, -0.15) is 5.10 Å². The number of phenols is 1. The van der Waals surface area contributed by atoms with Gasteiger partial charge in [0.1, 0.15) is 5.69 Å². The molecule has 3 aromatic heterocycles. The zero-order valence-corrected chi connectivity index (χ0v) is 20.1. The Bertz CT molecular complexity index is 1570. The van der Waals surface area contributed by atoms with Crippen LogP contribution < -0.4 is 0 Å². The monoisotopic (exact) mass is 483 g/mol. The van der Waals surface area contributed by atoms with Gasteiger partial charge < -0.3 is 10.1 Å². The van der Waals surface area contributed by atoms with E-state index in [9.17, 15) is 9.50 Å². The van der Waals surface area contributed by atoms with Crippen molar-refractivity contribution in [2.75, 3.05) is 6.54 Å². The maximum Gasteiger partial charge on any atom is 0.165 e. The van der Waals surface area contributed by atoms with Gasteiger partial charge in [0.2, 0.25) is 0 Å². The number of nitrogens with one attached hydrogen (secondary N) is 2. The summed E-state index contributed by atoms with van der Waals surface area (Å²) in [5.41, 5.74) is 8.14. The molecule has 3 N–H and O–H groups in total. The first-order valence-electron chi connectivity index (χ1n) is 12.1. The summed E-state index contributed by atoms with van der Waals surface area (Å²) in [5, 5.41) is 18.4. The number of fused-ring (bicyclic) bond motifs is 2. The standard InChI is InChI=1S/C27H26FN7O/c1-3-16-9-25(36)21(28)10-20(16)17-4-5-19-23(8-17)33-34-26(19)27-31-22-6-7-35(14-24(22)32-27)13-18-12-29-15(2)11-30-18/h4-5,8-12,36H,3,6-7,13-14H2,1-2H3,(H,31,32)(H,33,34). The average Bonchev–Trinajstić information content (AvgIpc) is 3.50. The van der Waals surface area contributed by atoms with Crippen LogP contribution in [0.3, 0.4) is 0 Å². The van der Waals surface area contributed by atoms with Crippen molar-refractivity contribution in [3.8, 4) is 28.4 Å². The minimum Gasteiger partial charge on any atom is -0.505 e. The van der Waals surface area contributed by atoms with Crippen molar-refractivity contribution in [3.63, 3.8) is 0 Å². The Labute approximate surface area is 207 Å². The molecule has 6 rings (SSSR count). The van der Waals surface area contributed by atoms with Crippen molar-refractivity contribution in [1.29, 1.82) is 0 Å². The number of aromatic amines is 2. The molecule has 4 heterocycles. The fourth-order valence-corrected chi connectivity index (χ4v) is 4.86. The molecular formula is C27H26FN7O. The zero-order valence-electron chi connectivity index (χ0n) is 20.1. The fourth-order valence-electron chi connectivity index (χ4n) is 4.86. The Balaban J connectivity index is 1.27. The first kappa shape index (κ1) is 22.4. The molecule has 2 aromatic carbocycles. The Hall–Kier alpha value is -4.11. The second kappa shape index (κ2) is 8.83. The second-order valence-corrected chi connectivity index (χ2v) is 9.27. The summed E-state index contributed by atoms with van der Waals surface area (Å²) in [4.78, 5) is 19.5. The molecule has 36 heavy (non-hydrogen) atoms. The van der Waals surface area contributed by atoms with Gasteiger partial charge in [0.05, 0.1) is 28.3 Å². The molecule has 0 fully saturated rings. The predicted octanol–water partition coefficient (Wildman–Crippen LogP) is 4.68. The molecule has 0 saturated carbocycles. The van der Waals surface area contributed by atoms with Crippen LogP contribution in [-0.4, -0.2) is 46.7 Å². The highest BCUT2D eigenvalue weighted by Gasteiger charge is 2.23. The molecule has 182 valence electrons. The van der Waals surface area contributed by atoms with E-state index in [1.54, 1.807) is 6.20 Å². The lowest BCUT2D eigenvalue weighted by atomic mass is 9.96. The topological polar surface area (TPSA) is 107 Å². The van der Waals surface area contributed by atoms with Crippen molar-refractivity contribution < 1.29 is 9.50 Å². The number of imidazole rings is 1. The number of aromatic hydroxyl groups is 1. The van der Waals surface area contributed by atoms with Crippen LogP contribution >= 0.6 is 0 Å². The van der Waals surface area contributed by atoms with Gasteiger partial charge in [0.25, 0.3) is 0 Å². The van der Waals surface area contributed by atoms with Crippen molar-refractivity contribution in [1.82, 2.24) is 35.0 Å². The van der Waals surface area contributed by atoms with Crippen molar-refractivity contribution in [2.45, 2.75) is 39.8 Å². The van der Waals surface area contributed by atoms with E-state index in [-0.39, 0.29) is 5.75 Å². The van der Waals surface area contributed by atoms with Gasteiger partial charge in [-0.1, -0.05) is 13.0 Å². The van der Waals surface area contributed by atoms with Gasteiger partial charge in [-0.3, -0.25) is 20.0 Å². The van der Waals surface area contributed by atoms with Crippen molar-refractivity contribution in [3.05, 3.63) is 76.9 Å². The van der Waals surface area contributed by atoms with Gasteiger partial charge in [-0.15, -0.1) is 0 Å². The zero-order chi connectivity index (χ0) is 24.8. The van der Waals surface area contributed by atoms with E-state index in [0.29, 0.717) is 6.42 Å². The van der Waals surface area contributed by atoms with Gasteiger partial charge in [-0.25, -0.2) is 9.37 Å². The molecule has 8 nitrogen and oxygen atoms in total.